The van der Waals surface area contributed by atoms with E-state index in [9.17, 15) is 0 Å². The second-order valence-corrected chi connectivity index (χ2v) is 15.5. The van der Waals surface area contributed by atoms with Crippen LogP contribution in [-0.4, -0.2) is 4.98 Å². The quantitative estimate of drug-likeness (QED) is 0.141. The highest BCUT2D eigenvalue weighted by molar-refractivity contribution is 5.80. The van der Waals surface area contributed by atoms with Crippen molar-refractivity contribution in [3.63, 3.8) is 0 Å². The standard InChI is InChI=1S/C49H47N3O2/c1-48(2,3)36-29-41(33-45(31-36)53-43-23-15-9-16-24-43)51(38-19-11-7-12-20-38)40-27-28-47(50-35-40)52(39-21-13-8-14-22-39)42-30-37(49(4,5)6)32-46(34-42)54-44-25-17-10-18-26-44/h7-35H,1-6H3. The van der Waals surface area contributed by atoms with E-state index in [4.69, 9.17) is 14.5 Å². The van der Waals surface area contributed by atoms with Crippen molar-refractivity contribution in [2.75, 3.05) is 9.80 Å². The molecule has 0 atom stereocenters. The first-order valence-corrected chi connectivity index (χ1v) is 18.4. The highest BCUT2D eigenvalue weighted by Gasteiger charge is 2.23. The molecule has 0 N–H and O–H groups in total. The largest absolute Gasteiger partial charge is 0.457 e. The molecule has 0 aliphatic heterocycles. The number of rotatable bonds is 10. The minimum absolute atomic E-state index is 0.115. The summed E-state index contributed by atoms with van der Waals surface area (Å²) in [4.78, 5) is 9.61. The smallest absolute Gasteiger partial charge is 0.137 e. The van der Waals surface area contributed by atoms with E-state index in [-0.39, 0.29) is 10.8 Å². The Morgan fingerprint density at radius 2 is 0.778 bits per heavy atom. The van der Waals surface area contributed by atoms with Crippen LogP contribution in [0, 0.1) is 0 Å². The number of hydrogen-bond acceptors (Lipinski definition) is 5. The molecule has 0 aliphatic rings. The van der Waals surface area contributed by atoms with Crippen LogP contribution in [0.1, 0.15) is 52.7 Å². The molecule has 7 rings (SSSR count). The van der Waals surface area contributed by atoms with Gasteiger partial charge in [-0.25, -0.2) is 4.98 Å². The molecular weight excluding hydrogens is 663 g/mol. The minimum Gasteiger partial charge on any atom is -0.457 e. The third-order valence-corrected chi connectivity index (χ3v) is 9.24. The second-order valence-electron chi connectivity index (χ2n) is 15.5. The van der Waals surface area contributed by atoms with Crippen LogP contribution in [0.3, 0.4) is 0 Å². The molecule has 0 saturated heterocycles. The van der Waals surface area contributed by atoms with E-state index >= 15 is 0 Å². The van der Waals surface area contributed by atoms with Gasteiger partial charge in [0.2, 0.25) is 0 Å². The monoisotopic (exact) mass is 709 g/mol. The maximum atomic E-state index is 6.45. The number of pyridine rings is 1. The van der Waals surface area contributed by atoms with Crippen LogP contribution < -0.4 is 19.3 Å². The van der Waals surface area contributed by atoms with Crippen molar-refractivity contribution in [3.8, 4) is 23.0 Å². The minimum atomic E-state index is -0.120. The van der Waals surface area contributed by atoms with Gasteiger partial charge in [0.15, 0.2) is 0 Å². The molecule has 5 heteroatoms. The lowest BCUT2D eigenvalue weighted by Crippen LogP contribution is -2.17. The van der Waals surface area contributed by atoms with Gasteiger partial charge in [0.25, 0.3) is 0 Å². The first kappa shape index (κ1) is 36.0. The number of anilines is 6. The molecule has 1 aromatic heterocycles. The van der Waals surface area contributed by atoms with Gasteiger partial charge < -0.3 is 14.4 Å². The maximum absolute atomic E-state index is 6.45. The normalized spacial score (nSPS) is 11.5. The molecule has 0 fully saturated rings. The molecule has 0 unspecified atom stereocenters. The topological polar surface area (TPSA) is 37.8 Å². The molecule has 0 saturated carbocycles. The van der Waals surface area contributed by atoms with E-state index in [1.54, 1.807) is 0 Å². The van der Waals surface area contributed by atoms with Crippen molar-refractivity contribution in [1.29, 1.82) is 0 Å². The summed E-state index contributed by atoms with van der Waals surface area (Å²) < 4.78 is 12.9. The van der Waals surface area contributed by atoms with Crippen molar-refractivity contribution < 1.29 is 9.47 Å². The highest BCUT2D eigenvalue weighted by atomic mass is 16.5. The molecule has 54 heavy (non-hydrogen) atoms. The van der Waals surface area contributed by atoms with Crippen LogP contribution in [0.15, 0.2) is 176 Å². The Bertz CT molecular complexity index is 2110. The molecule has 6 aromatic carbocycles. The summed E-state index contributed by atoms with van der Waals surface area (Å²) in [5, 5.41) is 0. The summed E-state index contributed by atoms with van der Waals surface area (Å²) in [5.74, 6) is 3.91. The van der Waals surface area contributed by atoms with Crippen molar-refractivity contribution >= 4 is 34.3 Å². The van der Waals surface area contributed by atoms with Gasteiger partial charge in [-0.15, -0.1) is 0 Å². The van der Waals surface area contributed by atoms with Crippen molar-refractivity contribution in [1.82, 2.24) is 4.98 Å². The average Bonchev–Trinajstić information content (AvgIpc) is 3.17. The highest BCUT2D eigenvalue weighted by Crippen LogP contribution is 2.43. The van der Waals surface area contributed by atoms with Crippen molar-refractivity contribution in [2.24, 2.45) is 0 Å². The van der Waals surface area contributed by atoms with E-state index in [0.717, 1.165) is 62.8 Å². The maximum Gasteiger partial charge on any atom is 0.137 e. The molecule has 5 nitrogen and oxygen atoms in total. The fourth-order valence-corrected chi connectivity index (χ4v) is 6.32. The van der Waals surface area contributed by atoms with Crippen LogP contribution in [0.4, 0.5) is 34.3 Å². The molecule has 0 aliphatic carbocycles. The van der Waals surface area contributed by atoms with Gasteiger partial charge in [-0.3, -0.25) is 4.90 Å². The molecule has 0 spiro atoms. The molecule has 0 amide bonds. The Morgan fingerprint density at radius 3 is 1.19 bits per heavy atom. The number of ether oxygens (including phenoxy) is 2. The number of aromatic nitrogens is 1. The van der Waals surface area contributed by atoms with Gasteiger partial charge >= 0.3 is 0 Å². The van der Waals surface area contributed by atoms with Crippen LogP contribution in [-0.2, 0) is 10.8 Å². The van der Waals surface area contributed by atoms with Gasteiger partial charge in [-0.05, 0) is 107 Å². The number of benzene rings is 6. The average molecular weight is 710 g/mol. The molecule has 7 aromatic rings. The fourth-order valence-electron chi connectivity index (χ4n) is 6.32. The van der Waals surface area contributed by atoms with Crippen molar-refractivity contribution in [2.45, 2.75) is 52.4 Å². The Hall–Kier alpha value is -6.33. The van der Waals surface area contributed by atoms with E-state index in [1.165, 1.54) is 5.56 Å². The fraction of sp³-hybridized carbons (Fsp3) is 0.163. The van der Waals surface area contributed by atoms with E-state index in [0.29, 0.717) is 0 Å². The van der Waals surface area contributed by atoms with Gasteiger partial charge in [0.05, 0.1) is 23.3 Å². The third-order valence-electron chi connectivity index (χ3n) is 9.24. The lowest BCUT2D eigenvalue weighted by atomic mass is 9.86. The summed E-state index contributed by atoms with van der Waals surface area (Å²) >= 11 is 0. The Balaban J connectivity index is 1.34. The van der Waals surface area contributed by atoms with E-state index in [2.05, 4.69) is 148 Å². The van der Waals surface area contributed by atoms with Gasteiger partial charge in [0.1, 0.15) is 28.8 Å². The number of hydrogen-bond donors (Lipinski definition) is 0. The van der Waals surface area contributed by atoms with Gasteiger partial charge in [0, 0.05) is 23.5 Å². The zero-order chi connectivity index (χ0) is 37.7. The van der Waals surface area contributed by atoms with Gasteiger partial charge in [-0.1, -0.05) is 114 Å². The summed E-state index contributed by atoms with van der Waals surface area (Å²) in [6.45, 7) is 13.4. The molecule has 1 heterocycles. The Morgan fingerprint density at radius 1 is 0.370 bits per heavy atom. The molecule has 0 radical (unpaired) electrons. The Kier molecular flexibility index (Phi) is 10.2. The predicted octanol–water partition coefficient (Wildman–Crippen LogP) is 14.2. The second kappa shape index (κ2) is 15.3. The zero-order valence-corrected chi connectivity index (χ0v) is 31.9. The number of para-hydroxylation sites is 4. The summed E-state index contributed by atoms with van der Waals surface area (Å²) in [6.07, 6.45) is 1.95. The van der Waals surface area contributed by atoms with Crippen molar-refractivity contribution in [3.05, 3.63) is 187 Å². The van der Waals surface area contributed by atoms with E-state index < -0.39 is 0 Å². The Labute approximate surface area is 320 Å². The SMILES string of the molecule is CC(C)(C)c1cc(Oc2ccccc2)cc(N(c2ccccc2)c2ccc(N(c3ccccc3)c3cc(Oc4ccccc4)cc(C(C)(C)C)c3)nc2)c1. The first-order chi connectivity index (χ1) is 26.0. The van der Waals surface area contributed by atoms with Crippen LogP contribution in [0.2, 0.25) is 0 Å². The lowest BCUT2D eigenvalue weighted by molar-refractivity contribution is 0.478. The van der Waals surface area contributed by atoms with Gasteiger partial charge in [-0.2, -0.15) is 0 Å². The summed E-state index contributed by atoms with van der Waals surface area (Å²) in [6, 6.07) is 57.8. The summed E-state index contributed by atoms with van der Waals surface area (Å²) in [5.41, 5.74) is 6.96. The molecule has 0 bridgehead atoms. The molecular formula is C49H47N3O2. The van der Waals surface area contributed by atoms with Crippen LogP contribution in [0.5, 0.6) is 23.0 Å². The number of nitrogens with zero attached hydrogens (tertiary/aromatic N) is 3. The third kappa shape index (κ3) is 8.48. The summed E-state index contributed by atoms with van der Waals surface area (Å²) in [7, 11) is 0. The van der Waals surface area contributed by atoms with E-state index in [1.807, 2.05) is 79.0 Å². The zero-order valence-electron chi connectivity index (χ0n) is 31.9. The van der Waals surface area contributed by atoms with Crippen LogP contribution >= 0.6 is 0 Å². The molecule has 270 valence electrons. The van der Waals surface area contributed by atoms with Crippen LogP contribution in [0.25, 0.3) is 0 Å². The first-order valence-electron chi connectivity index (χ1n) is 18.4. The lowest BCUT2D eigenvalue weighted by Gasteiger charge is -2.30. The predicted molar refractivity (Wildman–Crippen MR) is 224 cm³/mol.